The highest BCUT2D eigenvalue weighted by atomic mass is 79.9. The van der Waals surface area contributed by atoms with Gasteiger partial charge in [-0.3, -0.25) is 0 Å². The number of ether oxygens (including phenoxy) is 1. The highest BCUT2D eigenvalue weighted by Crippen LogP contribution is 2.28. The van der Waals surface area contributed by atoms with E-state index >= 15 is 0 Å². The normalized spacial score (nSPS) is 12.2. The van der Waals surface area contributed by atoms with Crippen LogP contribution in [0.5, 0.6) is 5.75 Å². The largest absolute Gasteiger partial charge is 0.489 e. The van der Waals surface area contributed by atoms with Crippen molar-refractivity contribution in [1.29, 1.82) is 0 Å². The van der Waals surface area contributed by atoms with E-state index in [1.807, 2.05) is 25.1 Å². The van der Waals surface area contributed by atoms with Gasteiger partial charge >= 0.3 is 0 Å². The highest BCUT2D eigenvalue weighted by molar-refractivity contribution is 9.10. The molecule has 0 amide bonds. The van der Waals surface area contributed by atoms with Gasteiger partial charge in [-0.15, -0.1) is 0 Å². The van der Waals surface area contributed by atoms with Gasteiger partial charge in [0.25, 0.3) is 0 Å². The van der Waals surface area contributed by atoms with E-state index in [9.17, 15) is 5.11 Å². The fourth-order valence-electron chi connectivity index (χ4n) is 1.26. The van der Waals surface area contributed by atoms with Crippen molar-refractivity contribution < 1.29 is 9.84 Å². The van der Waals surface area contributed by atoms with Crippen LogP contribution < -0.4 is 4.74 Å². The molecular formula is C13H17BrO2. The molecule has 1 rings (SSSR count). The van der Waals surface area contributed by atoms with Crippen LogP contribution in [-0.4, -0.2) is 11.7 Å². The fourth-order valence-corrected chi connectivity index (χ4v) is 1.60. The molecule has 0 bridgehead atoms. The first-order valence-electron chi connectivity index (χ1n) is 5.31. The smallest absolute Gasteiger partial charge is 0.126 e. The number of aliphatic hydroxyl groups is 1. The Labute approximate surface area is 105 Å². The lowest BCUT2D eigenvalue weighted by atomic mass is 10.1. The third-order valence-corrected chi connectivity index (χ3v) is 2.85. The average Bonchev–Trinajstić information content (AvgIpc) is 2.25. The van der Waals surface area contributed by atoms with Crippen LogP contribution in [-0.2, 0) is 0 Å². The van der Waals surface area contributed by atoms with Crippen LogP contribution in [0.3, 0.4) is 0 Å². The van der Waals surface area contributed by atoms with Crippen molar-refractivity contribution in [2.45, 2.75) is 26.4 Å². The fraction of sp³-hybridized carbons (Fsp3) is 0.385. The summed E-state index contributed by atoms with van der Waals surface area (Å²) in [5, 5.41) is 9.60. The van der Waals surface area contributed by atoms with Gasteiger partial charge in [-0.25, -0.2) is 0 Å². The van der Waals surface area contributed by atoms with Gasteiger partial charge in [0, 0.05) is 10.0 Å². The van der Waals surface area contributed by atoms with Crippen LogP contribution in [0.2, 0.25) is 0 Å². The van der Waals surface area contributed by atoms with Crippen LogP contribution in [0.1, 0.15) is 31.9 Å². The second-order valence-electron chi connectivity index (χ2n) is 3.75. The highest BCUT2D eigenvalue weighted by Gasteiger charge is 2.09. The minimum absolute atomic E-state index is 0.493. The summed E-state index contributed by atoms with van der Waals surface area (Å²) in [4.78, 5) is 0. The molecule has 88 valence electrons. The van der Waals surface area contributed by atoms with Crippen LogP contribution in [0.4, 0.5) is 0 Å². The molecule has 1 aromatic carbocycles. The van der Waals surface area contributed by atoms with Crippen LogP contribution in [0.15, 0.2) is 34.8 Å². The van der Waals surface area contributed by atoms with E-state index < -0.39 is 6.10 Å². The zero-order valence-corrected chi connectivity index (χ0v) is 11.3. The third kappa shape index (κ3) is 3.65. The van der Waals surface area contributed by atoms with Crippen LogP contribution >= 0.6 is 15.9 Å². The van der Waals surface area contributed by atoms with E-state index in [2.05, 4.69) is 22.5 Å². The Hall–Kier alpha value is -0.800. The van der Waals surface area contributed by atoms with Crippen molar-refractivity contribution in [3.63, 3.8) is 0 Å². The first kappa shape index (κ1) is 13.3. The second-order valence-corrected chi connectivity index (χ2v) is 4.67. The molecule has 0 spiro atoms. The predicted molar refractivity (Wildman–Crippen MR) is 69.7 cm³/mol. The quantitative estimate of drug-likeness (QED) is 0.833. The van der Waals surface area contributed by atoms with Crippen molar-refractivity contribution in [2.24, 2.45) is 0 Å². The molecule has 1 atom stereocenters. The molecular weight excluding hydrogens is 268 g/mol. The van der Waals surface area contributed by atoms with Gasteiger partial charge in [0.05, 0.1) is 6.10 Å². The summed E-state index contributed by atoms with van der Waals surface area (Å²) in [5.41, 5.74) is 1.84. The average molecular weight is 285 g/mol. The summed E-state index contributed by atoms with van der Waals surface area (Å²) < 4.78 is 6.58. The first-order chi connectivity index (χ1) is 7.54. The van der Waals surface area contributed by atoms with Gasteiger partial charge in [0.2, 0.25) is 0 Å². The second kappa shape index (κ2) is 6.06. The minimum Gasteiger partial charge on any atom is -0.489 e. The van der Waals surface area contributed by atoms with Crippen molar-refractivity contribution in [3.05, 3.63) is 40.4 Å². The Bertz CT molecular complexity index is 372. The molecule has 1 aromatic rings. The lowest BCUT2D eigenvalue weighted by Crippen LogP contribution is -2.03. The SMILES string of the molecule is C=C(CC)COc1cc(Br)ccc1C(C)O. The lowest BCUT2D eigenvalue weighted by molar-refractivity contribution is 0.192. The topological polar surface area (TPSA) is 29.5 Å². The molecule has 0 aliphatic heterocycles. The van der Waals surface area contributed by atoms with Gasteiger partial charge < -0.3 is 9.84 Å². The summed E-state index contributed by atoms with van der Waals surface area (Å²) in [5.74, 6) is 0.707. The first-order valence-corrected chi connectivity index (χ1v) is 6.10. The van der Waals surface area contributed by atoms with Crippen LogP contribution in [0.25, 0.3) is 0 Å². The standard InChI is InChI=1S/C13H17BrO2/c1-4-9(2)8-16-13-7-11(14)5-6-12(13)10(3)15/h5-7,10,15H,2,4,8H2,1,3H3. The van der Waals surface area contributed by atoms with Crippen molar-refractivity contribution in [1.82, 2.24) is 0 Å². The van der Waals surface area contributed by atoms with Gasteiger partial charge in [-0.2, -0.15) is 0 Å². The van der Waals surface area contributed by atoms with Gasteiger partial charge in [-0.05, 0) is 31.1 Å². The van der Waals surface area contributed by atoms with Crippen molar-refractivity contribution in [2.75, 3.05) is 6.61 Å². The molecule has 0 radical (unpaired) electrons. The number of halogens is 1. The molecule has 16 heavy (non-hydrogen) atoms. The number of hydrogen-bond donors (Lipinski definition) is 1. The maximum absolute atomic E-state index is 9.60. The minimum atomic E-state index is -0.530. The molecule has 1 unspecified atom stereocenters. The number of benzene rings is 1. The molecule has 0 aromatic heterocycles. The van der Waals surface area contributed by atoms with E-state index in [1.165, 1.54) is 0 Å². The number of aliphatic hydroxyl groups excluding tert-OH is 1. The van der Waals surface area contributed by atoms with E-state index in [0.717, 1.165) is 22.0 Å². The monoisotopic (exact) mass is 284 g/mol. The maximum atomic E-state index is 9.60. The summed E-state index contributed by atoms with van der Waals surface area (Å²) in [6, 6.07) is 5.62. The summed E-state index contributed by atoms with van der Waals surface area (Å²) in [7, 11) is 0. The van der Waals surface area contributed by atoms with E-state index in [-0.39, 0.29) is 0 Å². The summed E-state index contributed by atoms with van der Waals surface area (Å²) in [6.07, 6.45) is 0.371. The maximum Gasteiger partial charge on any atom is 0.126 e. The van der Waals surface area contributed by atoms with E-state index in [4.69, 9.17) is 4.74 Å². The van der Waals surface area contributed by atoms with E-state index in [0.29, 0.717) is 12.4 Å². The summed E-state index contributed by atoms with van der Waals surface area (Å²) in [6.45, 7) is 8.15. The van der Waals surface area contributed by atoms with E-state index in [1.54, 1.807) is 6.92 Å². The number of hydrogen-bond acceptors (Lipinski definition) is 2. The molecule has 0 saturated heterocycles. The Morgan fingerprint density at radius 2 is 2.25 bits per heavy atom. The Kier molecular flexibility index (Phi) is 5.03. The Morgan fingerprint density at radius 1 is 1.56 bits per heavy atom. The number of rotatable bonds is 5. The molecule has 0 heterocycles. The molecule has 0 fully saturated rings. The Morgan fingerprint density at radius 3 is 2.81 bits per heavy atom. The molecule has 1 N–H and O–H groups in total. The third-order valence-electron chi connectivity index (χ3n) is 2.36. The Balaban J connectivity index is 2.84. The van der Waals surface area contributed by atoms with Crippen molar-refractivity contribution >= 4 is 15.9 Å². The van der Waals surface area contributed by atoms with Gasteiger partial charge in [-0.1, -0.05) is 35.5 Å². The van der Waals surface area contributed by atoms with Crippen LogP contribution in [0, 0.1) is 0 Å². The molecule has 0 saturated carbocycles. The van der Waals surface area contributed by atoms with Crippen molar-refractivity contribution in [3.8, 4) is 5.75 Å². The molecule has 3 heteroatoms. The predicted octanol–water partition coefficient (Wildman–Crippen LogP) is 3.85. The zero-order valence-electron chi connectivity index (χ0n) is 9.66. The van der Waals surface area contributed by atoms with Gasteiger partial charge in [0.1, 0.15) is 12.4 Å². The van der Waals surface area contributed by atoms with Gasteiger partial charge in [0.15, 0.2) is 0 Å². The lowest BCUT2D eigenvalue weighted by Gasteiger charge is -2.14. The molecule has 0 aliphatic carbocycles. The summed E-state index contributed by atoms with van der Waals surface area (Å²) >= 11 is 3.39. The molecule has 2 nitrogen and oxygen atoms in total. The zero-order chi connectivity index (χ0) is 12.1. The molecule has 0 aliphatic rings.